The minimum absolute atomic E-state index is 0.0295. The summed E-state index contributed by atoms with van der Waals surface area (Å²) in [5.41, 5.74) is 11.4. The van der Waals surface area contributed by atoms with Crippen LogP contribution in [0.4, 0.5) is 13.2 Å². The minimum atomic E-state index is -4.62. The number of nitrogens with one attached hydrogen (secondary N) is 2. The normalized spacial score (nSPS) is 11.5. The first-order valence-electron chi connectivity index (χ1n) is 5.44. The lowest BCUT2D eigenvalue weighted by molar-refractivity contribution is -0.323. The van der Waals surface area contributed by atoms with Gasteiger partial charge in [-0.1, -0.05) is 18.2 Å². The molecule has 0 fully saturated rings. The fourth-order valence-corrected chi connectivity index (χ4v) is 1.38. The molecule has 0 aromatic heterocycles. The monoisotopic (exact) mass is 277 g/mol. The number of primary amides is 1. The Morgan fingerprint density at radius 3 is 2.58 bits per heavy atom. The lowest BCUT2D eigenvalue weighted by Crippen LogP contribution is -2.35. The van der Waals surface area contributed by atoms with Crippen molar-refractivity contribution in [3.63, 3.8) is 0 Å². The van der Waals surface area contributed by atoms with E-state index in [0.29, 0.717) is 11.1 Å². The van der Waals surface area contributed by atoms with Gasteiger partial charge in [-0.25, -0.2) is 0 Å². The Balaban J connectivity index is 2.28. The molecule has 0 unspecified atom stereocenters. The smallest absolute Gasteiger partial charge is 0.366 e. The first-order chi connectivity index (χ1) is 8.90. The van der Waals surface area contributed by atoms with E-state index in [1.54, 1.807) is 24.3 Å². The van der Waals surface area contributed by atoms with Crippen LogP contribution < -0.4 is 16.6 Å². The Labute approximate surface area is 107 Å². The minimum Gasteiger partial charge on any atom is -0.366 e. The second kappa shape index (κ2) is 7.07. The summed E-state index contributed by atoms with van der Waals surface area (Å²) in [5, 5.41) is 0. The highest BCUT2D eigenvalue weighted by molar-refractivity contribution is 5.94. The molecule has 4 N–H and O–H groups in total. The molecule has 1 aromatic carbocycles. The summed E-state index contributed by atoms with van der Waals surface area (Å²) >= 11 is 0. The third-order valence-electron chi connectivity index (χ3n) is 2.18. The van der Waals surface area contributed by atoms with Crippen LogP contribution in [0.2, 0.25) is 0 Å². The van der Waals surface area contributed by atoms with Gasteiger partial charge < -0.3 is 5.73 Å². The molecule has 0 saturated carbocycles. The number of ether oxygens (including phenoxy) is 1. The fraction of sp³-hybridized carbons (Fsp3) is 0.364. The molecule has 1 amide bonds. The van der Waals surface area contributed by atoms with Crippen molar-refractivity contribution in [3.8, 4) is 0 Å². The van der Waals surface area contributed by atoms with Gasteiger partial charge in [0, 0.05) is 18.7 Å². The molecule has 1 rings (SSSR count). The lowest BCUT2D eigenvalue weighted by Gasteiger charge is -2.10. The van der Waals surface area contributed by atoms with E-state index in [0.717, 1.165) is 0 Å². The van der Waals surface area contributed by atoms with E-state index in [1.807, 2.05) is 0 Å². The van der Waals surface area contributed by atoms with Crippen molar-refractivity contribution in [1.29, 1.82) is 0 Å². The van der Waals surface area contributed by atoms with Crippen molar-refractivity contribution >= 4 is 5.91 Å². The number of carbonyl (C=O) groups excluding carboxylic acids is 1. The van der Waals surface area contributed by atoms with Crippen LogP contribution in [0.3, 0.4) is 0 Å². The zero-order valence-corrected chi connectivity index (χ0v) is 9.96. The highest BCUT2D eigenvalue weighted by Crippen LogP contribution is 2.15. The Kier molecular flexibility index (Phi) is 5.74. The molecule has 0 spiro atoms. The van der Waals surface area contributed by atoms with Crippen molar-refractivity contribution in [2.24, 2.45) is 5.73 Å². The molecule has 0 heterocycles. The molecule has 0 radical (unpaired) electrons. The van der Waals surface area contributed by atoms with E-state index >= 15 is 0 Å². The van der Waals surface area contributed by atoms with Crippen LogP contribution in [0.5, 0.6) is 0 Å². The van der Waals surface area contributed by atoms with Crippen LogP contribution in [-0.2, 0) is 11.3 Å². The molecule has 1 aromatic rings. The van der Waals surface area contributed by atoms with Crippen molar-refractivity contribution in [2.75, 3.05) is 13.2 Å². The number of benzene rings is 1. The number of hydrogen-bond donors (Lipinski definition) is 3. The van der Waals surface area contributed by atoms with E-state index < -0.39 is 18.9 Å². The van der Waals surface area contributed by atoms with Gasteiger partial charge in [0.15, 0.2) is 0 Å². The third kappa shape index (κ3) is 6.18. The first-order valence-corrected chi connectivity index (χ1v) is 5.44. The zero-order chi connectivity index (χ0) is 14.3. The van der Waals surface area contributed by atoms with Crippen molar-refractivity contribution in [2.45, 2.75) is 12.9 Å². The standard InChI is InChI=1S/C11H14F3N3O2/c12-11(13,14)19-6-5-16-17-7-8-3-1-2-4-9(8)10(15)18/h1-4,16-17H,5-7H2,(H2,15,18). The molecule has 0 atom stereocenters. The Bertz CT molecular complexity index is 424. The SMILES string of the molecule is NC(=O)c1ccccc1CNNCCOC(F)(F)F. The molecule has 0 aliphatic carbocycles. The largest absolute Gasteiger partial charge is 0.522 e. The van der Waals surface area contributed by atoms with Gasteiger partial charge in [0.05, 0.1) is 6.61 Å². The number of alkyl halides is 3. The second-order valence-corrected chi connectivity index (χ2v) is 3.60. The van der Waals surface area contributed by atoms with E-state index in [9.17, 15) is 18.0 Å². The van der Waals surface area contributed by atoms with Gasteiger partial charge in [0.1, 0.15) is 0 Å². The predicted molar refractivity (Wildman–Crippen MR) is 61.8 cm³/mol. The van der Waals surface area contributed by atoms with Crippen molar-refractivity contribution in [3.05, 3.63) is 35.4 Å². The summed E-state index contributed by atoms with van der Waals surface area (Å²) in [4.78, 5) is 11.1. The number of nitrogens with two attached hydrogens (primary N) is 1. The van der Waals surface area contributed by atoms with Crippen LogP contribution in [0.1, 0.15) is 15.9 Å². The summed E-state index contributed by atoms with van der Waals surface area (Å²) in [6, 6.07) is 6.68. The molecule has 19 heavy (non-hydrogen) atoms. The van der Waals surface area contributed by atoms with Crippen LogP contribution >= 0.6 is 0 Å². The highest BCUT2D eigenvalue weighted by Gasteiger charge is 2.28. The predicted octanol–water partition coefficient (Wildman–Crippen LogP) is 0.916. The summed E-state index contributed by atoms with van der Waals surface area (Å²) in [5.74, 6) is -0.558. The number of halogens is 3. The van der Waals surface area contributed by atoms with Crippen LogP contribution in [0.15, 0.2) is 24.3 Å². The number of hydrazine groups is 1. The molecule has 8 heteroatoms. The summed E-state index contributed by atoms with van der Waals surface area (Å²) in [6.07, 6.45) is -4.62. The molecular formula is C11H14F3N3O2. The molecular weight excluding hydrogens is 263 g/mol. The average Bonchev–Trinajstić information content (AvgIpc) is 2.32. The molecule has 5 nitrogen and oxygen atoms in total. The molecule has 106 valence electrons. The van der Waals surface area contributed by atoms with Crippen LogP contribution in [0.25, 0.3) is 0 Å². The Morgan fingerprint density at radius 1 is 1.26 bits per heavy atom. The maximum atomic E-state index is 11.6. The summed E-state index contributed by atoms with van der Waals surface area (Å²) < 4.78 is 38.5. The highest BCUT2D eigenvalue weighted by atomic mass is 19.4. The fourth-order valence-electron chi connectivity index (χ4n) is 1.38. The third-order valence-corrected chi connectivity index (χ3v) is 2.18. The maximum absolute atomic E-state index is 11.6. The van der Waals surface area contributed by atoms with Crippen molar-refractivity contribution < 1.29 is 22.7 Å². The van der Waals surface area contributed by atoms with Gasteiger partial charge in [-0.15, -0.1) is 13.2 Å². The molecule has 0 aliphatic rings. The molecule has 0 aliphatic heterocycles. The van der Waals surface area contributed by atoms with Gasteiger partial charge >= 0.3 is 6.36 Å². The number of hydrogen-bond acceptors (Lipinski definition) is 4. The molecule has 0 saturated heterocycles. The van der Waals surface area contributed by atoms with Gasteiger partial charge in [0.2, 0.25) is 5.91 Å². The van der Waals surface area contributed by atoms with E-state index in [4.69, 9.17) is 5.73 Å². The topological polar surface area (TPSA) is 76.4 Å². The second-order valence-electron chi connectivity index (χ2n) is 3.60. The van der Waals surface area contributed by atoms with E-state index in [-0.39, 0.29) is 13.1 Å². The van der Waals surface area contributed by atoms with Crippen molar-refractivity contribution in [1.82, 2.24) is 10.9 Å². The van der Waals surface area contributed by atoms with Gasteiger partial charge in [-0.05, 0) is 11.6 Å². The number of carbonyl (C=O) groups is 1. The zero-order valence-electron chi connectivity index (χ0n) is 9.96. The van der Waals surface area contributed by atoms with Gasteiger partial charge in [-0.3, -0.25) is 20.4 Å². The number of rotatable bonds is 7. The van der Waals surface area contributed by atoms with Crippen LogP contribution in [-0.4, -0.2) is 25.4 Å². The van der Waals surface area contributed by atoms with Gasteiger partial charge in [-0.2, -0.15) is 0 Å². The van der Waals surface area contributed by atoms with E-state index in [1.165, 1.54) is 0 Å². The van der Waals surface area contributed by atoms with Crippen LogP contribution in [0, 0.1) is 0 Å². The maximum Gasteiger partial charge on any atom is 0.522 e. The first kappa shape index (κ1) is 15.4. The quantitative estimate of drug-likeness (QED) is 0.511. The Hall–Kier alpha value is -1.64. The average molecular weight is 277 g/mol. The summed E-state index contributed by atoms with van der Waals surface area (Å²) in [7, 11) is 0. The molecule has 0 bridgehead atoms. The Morgan fingerprint density at radius 2 is 1.95 bits per heavy atom. The summed E-state index contributed by atoms with van der Waals surface area (Å²) in [6.45, 7) is -0.280. The lowest BCUT2D eigenvalue weighted by atomic mass is 10.1. The van der Waals surface area contributed by atoms with E-state index in [2.05, 4.69) is 15.6 Å². The van der Waals surface area contributed by atoms with Gasteiger partial charge in [0.25, 0.3) is 0 Å². The number of amides is 1.